The number of nitrogens with two attached hydrogens (primary N) is 1. The second-order valence-electron chi connectivity index (χ2n) is 4.52. The van der Waals surface area contributed by atoms with Crippen molar-refractivity contribution < 1.29 is 28.3 Å². The van der Waals surface area contributed by atoms with Crippen molar-refractivity contribution in [1.29, 1.82) is 0 Å². The molecule has 21 heavy (non-hydrogen) atoms. The summed E-state index contributed by atoms with van der Waals surface area (Å²) in [7, 11) is 0. The maximum absolute atomic E-state index is 12.1. The maximum Gasteiger partial charge on any atom is 0.320 e. The molecule has 1 rings (SSSR count). The summed E-state index contributed by atoms with van der Waals surface area (Å²) in [6.07, 6.45) is 2.49. The van der Waals surface area contributed by atoms with Crippen LogP contribution in [0.2, 0.25) is 0 Å². The minimum Gasteiger partial charge on any atom is -0.480 e. The molecule has 0 amide bonds. The van der Waals surface area contributed by atoms with Gasteiger partial charge in [-0.2, -0.15) is 0 Å². The zero-order valence-corrected chi connectivity index (χ0v) is 11.1. The molecule has 1 aliphatic carbocycles. The van der Waals surface area contributed by atoms with Gasteiger partial charge in [-0.1, -0.05) is 24.3 Å². The summed E-state index contributed by atoms with van der Waals surface area (Å²) in [6, 6.07) is -1.06. The highest BCUT2D eigenvalue weighted by molar-refractivity contribution is 6.09. The number of hydrogen-bond donors (Lipinski definition) is 2. The second kappa shape index (κ2) is 7.58. The summed E-state index contributed by atoms with van der Waals surface area (Å²) in [4.78, 5) is 33.2. The highest BCUT2D eigenvalue weighted by atomic mass is 19.3. The van der Waals surface area contributed by atoms with Crippen molar-refractivity contribution in [2.75, 3.05) is 0 Å². The predicted molar refractivity (Wildman–Crippen MR) is 70.8 cm³/mol. The van der Waals surface area contributed by atoms with Gasteiger partial charge in [-0.3, -0.25) is 14.4 Å². The van der Waals surface area contributed by atoms with E-state index < -0.39 is 36.4 Å². The first-order chi connectivity index (χ1) is 9.81. The van der Waals surface area contributed by atoms with Crippen LogP contribution in [0.5, 0.6) is 0 Å². The summed E-state index contributed by atoms with van der Waals surface area (Å²) in [6.45, 7) is 0. The fraction of sp³-hybridized carbons (Fsp3) is 0.357. The molecule has 0 fully saturated rings. The minimum atomic E-state index is -3.16. The molecule has 0 aliphatic heterocycles. The van der Waals surface area contributed by atoms with E-state index in [1.807, 2.05) is 0 Å². The normalized spacial score (nSPS) is 16.0. The highest BCUT2D eigenvalue weighted by Crippen LogP contribution is 2.16. The van der Waals surface area contributed by atoms with E-state index in [1.165, 1.54) is 18.2 Å². The first kappa shape index (κ1) is 16.9. The number of alkyl halides is 2. The Hall–Kier alpha value is -2.15. The lowest BCUT2D eigenvalue weighted by Gasteiger charge is -2.06. The Labute approximate surface area is 119 Å². The van der Waals surface area contributed by atoms with Crippen LogP contribution < -0.4 is 5.73 Å². The summed E-state index contributed by atoms with van der Waals surface area (Å²) in [5, 5.41) is 8.72. The lowest BCUT2D eigenvalue weighted by atomic mass is 10.0. The molecule has 3 N–H and O–H groups in total. The van der Waals surface area contributed by atoms with Crippen molar-refractivity contribution in [2.24, 2.45) is 5.73 Å². The van der Waals surface area contributed by atoms with Crippen molar-refractivity contribution in [3.63, 3.8) is 0 Å². The van der Waals surface area contributed by atoms with Crippen LogP contribution in [-0.4, -0.2) is 35.1 Å². The quantitative estimate of drug-likeness (QED) is 0.692. The Morgan fingerprint density at radius 1 is 1.24 bits per heavy atom. The number of carbonyl (C=O) groups is 3. The number of aliphatic carboxylic acids is 1. The first-order valence-corrected chi connectivity index (χ1v) is 6.21. The number of carboxylic acids is 1. The van der Waals surface area contributed by atoms with Crippen molar-refractivity contribution in [2.45, 2.75) is 31.7 Å². The Morgan fingerprint density at radius 2 is 1.90 bits per heavy atom. The molecular formula is C14H15F2NO4. The van der Waals surface area contributed by atoms with Gasteiger partial charge in [0.1, 0.15) is 6.04 Å². The number of Topliss-reactive ketones (excluding diaryl/α,β-unsaturated/α-hetero) is 2. The molecule has 0 heterocycles. The van der Waals surface area contributed by atoms with Gasteiger partial charge in [0, 0.05) is 5.57 Å². The number of carbonyl (C=O) groups excluding carboxylic acids is 2. The third-order valence-corrected chi connectivity index (χ3v) is 2.87. The molecule has 114 valence electrons. The third kappa shape index (κ3) is 5.39. The molecular weight excluding hydrogens is 284 g/mol. The van der Waals surface area contributed by atoms with E-state index in [-0.39, 0.29) is 12.0 Å². The van der Waals surface area contributed by atoms with Crippen LogP contribution in [0.15, 0.2) is 35.5 Å². The second-order valence-corrected chi connectivity index (χ2v) is 4.52. The Bertz CT molecular complexity index is 535. The van der Waals surface area contributed by atoms with Crippen LogP contribution in [0.3, 0.4) is 0 Å². The molecule has 1 unspecified atom stereocenters. The third-order valence-electron chi connectivity index (χ3n) is 2.87. The van der Waals surface area contributed by atoms with Crippen LogP contribution >= 0.6 is 0 Å². The predicted octanol–water partition coefficient (Wildman–Crippen LogP) is 1.39. The van der Waals surface area contributed by atoms with Crippen LogP contribution in [-0.2, 0) is 14.4 Å². The van der Waals surface area contributed by atoms with E-state index in [2.05, 4.69) is 0 Å². The van der Waals surface area contributed by atoms with E-state index in [0.717, 1.165) is 0 Å². The smallest absolute Gasteiger partial charge is 0.320 e. The molecule has 0 radical (unpaired) electrons. The van der Waals surface area contributed by atoms with Gasteiger partial charge < -0.3 is 10.8 Å². The molecule has 0 saturated heterocycles. The minimum absolute atomic E-state index is 0.0944. The molecule has 0 aromatic rings. The fourth-order valence-electron chi connectivity index (χ4n) is 1.71. The molecule has 5 nitrogen and oxygen atoms in total. The largest absolute Gasteiger partial charge is 0.480 e. The van der Waals surface area contributed by atoms with Crippen LogP contribution in [0, 0.1) is 0 Å². The van der Waals surface area contributed by atoms with Gasteiger partial charge in [0.05, 0.1) is 6.42 Å². The van der Waals surface area contributed by atoms with Gasteiger partial charge in [0.2, 0.25) is 5.78 Å². The molecule has 0 saturated carbocycles. The van der Waals surface area contributed by atoms with Gasteiger partial charge >= 0.3 is 5.97 Å². The van der Waals surface area contributed by atoms with Gasteiger partial charge in [0.15, 0.2) is 5.78 Å². The standard InChI is InChI=1S/C14H15F2NO4/c15-13(16)12(19)7-11(18)9-3-1-2-8(4-5-9)6-10(17)14(20)21/h2-5,10,13H,1,6-7,17H2,(H,20,21). The average molecular weight is 299 g/mol. The molecule has 1 atom stereocenters. The van der Waals surface area contributed by atoms with Crippen LogP contribution in [0.1, 0.15) is 19.3 Å². The van der Waals surface area contributed by atoms with E-state index in [9.17, 15) is 23.2 Å². The summed E-state index contributed by atoms with van der Waals surface area (Å²) in [5.74, 6) is -3.24. The molecule has 1 aliphatic rings. The number of halogens is 2. The molecule has 0 bridgehead atoms. The number of rotatable bonds is 7. The molecule has 0 aromatic carbocycles. The SMILES string of the molecule is NC(CC1=CCC=C(C(=O)CC(=O)C(F)F)C=C1)C(=O)O. The van der Waals surface area contributed by atoms with Crippen molar-refractivity contribution in [1.82, 2.24) is 0 Å². The highest BCUT2D eigenvalue weighted by Gasteiger charge is 2.21. The monoisotopic (exact) mass is 299 g/mol. The zero-order chi connectivity index (χ0) is 16.0. The summed E-state index contributed by atoms with van der Waals surface area (Å²) >= 11 is 0. The summed E-state index contributed by atoms with van der Waals surface area (Å²) < 4.78 is 24.2. The Morgan fingerprint density at radius 3 is 2.48 bits per heavy atom. The Balaban J connectivity index is 2.67. The zero-order valence-electron chi connectivity index (χ0n) is 11.1. The average Bonchev–Trinajstić information content (AvgIpc) is 2.63. The topological polar surface area (TPSA) is 97.5 Å². The van der Waals surface area contributed by atoms with Gasteiger partial charge in [-0.25, -0.2) is 8.78 Å². The van der Waals surface area contributed by atoms with Crippen LogP contribution in [0.25, 0.3) is 0 Å². The van der Waals surface area contributed by atoms with E-state index in [1.54, 1.807) is 6.08 Å². The van der Waals surface area contributed by atoms with Crippen molar-refractivity contribution in [3.8, 4) is 0 Å². The summed E-state index contributed by atoms with van der Waals surface area (Å²) in [5.41, 5.74) is 6.19. The number of allylic oxidation sites excluding steroid dienone is 5. The molecule has 0 aromatic heterocycles. The van der Waals surface area contributed by atoms with E-state index in [0.29, 0.717) is 12.0 Å². The Kier molecular flexibility index (Phi) is 6.10. The number of hydrogen-bond acceptors (Lipinski definition) is 4. The molecule has 7 heteroatoms. The lowest BCUT2D eigenvalue weighted by Crippen LogP contribution is -2.30. The van der Waals surface area contributed by atoms with Crippen molar-refractivity contribution in [3.05, 3.63) is 35.5 Å². The number of carboxylic acid groups (broad SMARTS) is 1. The van der Waals surface area contributed by atoms with E-state index in [4.69, 9.17) is 10.8 Å². The first-order valence-electron chi connectivity index (χ1n) is 6.21. The molecule has 0 spiro atoms. The van der Waals surface area contributed by atoms with Gasteiger partial charge in [0.25, 0.3) is 6.43 Å². The fourth-order valence-corrected chi connectivity index (χ4v) is 1.71. The van der Waals surface area contributed by atoms with Gasteiger partial charge in [-0.15, -0.1) is 0 Å². The van der Waals surface area contributed by atoms with E-state index >= 15 is 0 Å². The van der Waals surface area contributed by atoms with Crippen LogP contribution in [0.4, 0.5) is 8.78 Å². The number of ketones is 2. The maximum atomic E-state index is 12.1. The van der Waals surface area contributed by atoms with Crippen molar-refractivity contribution >= 4 is 17.5 Å². The van der Waals surface area contributed by atoms with Gasteiger partial charge in [-0.05, 0) is 18.4 Å². The lowest BCUT2D eigenvalue weighted by molar-refractivity contribution is -0.138.